The summed E-state index contributed by atoms with van der Waals surface area (Å²) in [6.07, 6.45) is 1.04. The predicted molar refractivity (Wildman–Crippen MR) is 86.6 cm³/mol. The number of carbonyl (C=O) groups excluding carboxylic acids is 2. The number of carbonyl (C=O) groups is 2. The summed E-state index contributed by atoms with van der Waals surface area (Å²) in [5.74, 6) is -0.423. The zero-order valence-electron chi connectivity index (χ0n) is 13.8. The molecule has 122 valence electrons. The summed E-state index contributed by atoms with van der Waals surface area (Å²) in [4.78, 5) is 23.8. The third-order valence-electron chi connectivity index (χ3n) is 3.09. The zero-order valence-corrected chi connectivity index (χ0v) is 13.8. The molecule has 0 spiro atoms. The van der Waals surface area contributed by atoms with E-state index in [1.165, 1.54) is 0 Å². The second-order valence-corrected chi connectivity index (χ2v) is 5.54. The Kier molecular flexibility index (Phi) is 7.60. The summed E-state index contributed by atoms with van der Waals surface area (Å²) >= 11 is 0. The van der Waals surface area contributed by atoms with Crippen LogP contribution in [0.2, 0.25) is 0 Å². The van der Waals surface area contributed by atoms with Crippen molar-refractivity contribution < 1.29 is 14.3 Å². The minimum absolute atomic E-state index is 0.169. The molecule has 0 fully saturated rings. The van der Waals surface area contributed by atoms with E-state index in [1.807, 2.05) is 32.9 Å². The largest absolute Gasteiger partial charge is 0.374 e. The molecule has 1 aromatic rings. The molecular weight excluding hydrogens is 280 g/mol. The molecule has 0 radical (unpaired) electrons. The van der Waals surface area contributed by atoms with Gasteiger partial charge >= 0.3 is 0 Å². The lowest BCUT2D eigenvalue weighted by atomic mass is 10.1. The van der Waals surface area contributed by atoms with Crippen LogP contribution < -0.4 is 10.6 Å². The van der Waals surface area contributed by atoms with Crippen LogP contribution in [0, 0.1) is 0 Å². The molecule has 0 saturated carbocycles. The van der Waals surface area contributed by atoms with E-state index in [-0.39, 0.29) is 17.9 Å². The van der Waals surface area contributed by atoms with Crippen molar-refractivity contribution in [2.24, 2.45) is 0 Å². The van der Waals surface area contributed by atoms with E-state index in [0.717, 1.165) is 12.0 Å². The maximum atomic E-state index is 12.1. The molecule has 2 N–H and O–H groups in total. The summed E-state index contributed by atoms with van der Waals surface area (Å²) < 4.78 is 5.51. The number of hydrogen-bond acceptors (Lipinski definition) is 3. The summed E-state index contributed by atoms with van der Waals surface area (Å²) in [7, 11) is 0. The second-order valence-electron chi connectivity index (χ2n) is 5.54. The molecule has 1 rings (SSSR count). The first-order chi connectivity index (χ1) is 10.4. The SMILES string of the molecule is CCCNC(=O)[C@H](C)NC(=O)c1ccc(COC(C)C)cc1. The van der Waals surface area contributed by atoms with Gasteiger partial charge in [0.15, 0.2) is 0 Å². The number of nitrogens with one attached hydrogen (secondary N) is 2. The lowest BCUT2D eigenvalue weighted by molar-refractivity contribution is -0.122. The first-order valence-corrected chi connectivity index (χ1v) is 7.73. The molecule has 0 bridgehead atoms. The highest BCUT2D eigenvalue weighted by Gasteiger charge is 2.15. The van der Waals surface area contributed by atoms with Crippen LogP contribution >= 0.6 is 0 Å². The molecule has 0 unspecified atom stereocenters. The Hall–Kier alpha value is -1.88. The quantitative estimate of drug-likeness (QED) is 0.774. The molecule has 0 saturated heterocycles. The van der Waals surface area contributed by atoms with Gasteiger partial charge in [0, 0.05) is 12.1 Å². The monoisotopic (exact) mass is 306 g/mol. The van der Waals surface area contributed by atoms with E-state index in [1.54, 1.807) is 19.1 Å². The third-order valence-corrected chi connectivity index (χ3v) is 3.09. The minimum Gasteiger partial charge on any atom is -0.374 e. The number of ether oxygens (including phenoxy) is 1. The molecule has 1 atom stereocenters. The van der Waals surface area contributed by atoms with Gasteiger partial charge in [-0.05, 0) is 44.9 Å². The Morgan fingerprint density at radius 3 is 2.32 bits per heavy atom. The van der Waals surface area contributed by atoms with Crippen molar-refractivity contribution in [3.8, 4) is 0 Å². The summed E-state index contributed by atoms with van der Waals surface area (Å²) in [6.45, 7) is 8.75. The fourth-order valence-corrected chi connectivity index (χ4v) is 1.76. The highest BCUT2D eigenvalue weighted by molar-refractivity contribution is 5.97. The second kappa shape index (κ2) is 9.20. The lowest BCUT2D eigenvalue weighted by Crippen LogP contribution is -2.45. The summed E-state index contributed by atoms with van der Waals surface area (Å²) in [6, 6.07) is 6.65. The van der Waals surface area contributed by atoms with E-state index in [4.69, 9.17) is 4.74 Å². The summed E-state index contributed by atoms with van der Waals surface area (Å²) in [5.41, 5.74) is 1.54. The van der Waals surface area contributed by atoms with Gasteiger partial charge in [-0.3, -0.25) is 9.59 Å². The Labute approximate surface area is 132 Å². The van der Waals surface area contributed by atoms with Crippen LogP contribution in [0.25, 0.3) is 0 Å². The highest BCUT2D eigenvalue weighted by atomic mass is 16.5. The summed E-state index contributed by atoms with van der Waals surface area (Å²) in [5, 5.41) is 5.45. The topological polar surface area (TPSA) is 67.4 Å². The van der Waals surface area contributed by atoms with Gasteiger partial charge in [0.05, 0.1) is 12.7 Å². The van der Waals surface area contributed by atoms with Crippen LogP contribution in [0.4, 0.5) is 0 Å². The smallest absolute Gasteiger partial charge is 0.251 e. The minimum atomic E-state index is -0.553. The number of amides is 2. The molecule has 5 heteroatoms. The lowest BCUT2D eigenvalue weighted by Gasteiger charge is -2.14. The molecule has 2 amide bonds. The van der Waals surface area contributed by atoms with Gasteiger partial charge in [-0.1, -0.05) is 19.1 Å². The maximum absolute atomic E-state index is 12.1. The van der Waals surface area contributed by atoms with Crippen molar-refractivity contribution >= 4 is 11.8 Å². The molecule has 0 aromatic heterocycles. The van der Waals surface area contributed by atoms with Gasteiger partial charge in [0.25, 0.3) is 5.91 Å². The van der Waals surface area contributed by atoms with Gasteiger partial charge in [0.1, 0.15) is 6.04 Å². The maximum Gasteiger partial charge on any atom is 0.251 e. The molecular formula is C17H26N2O3. The van der Waals surface area contributed by atoms with Crippen LogP contribution in [-0.2, 0) is 16.1 Å². The van der Waals surface area contributed by atoms with E-state index in [9.17, 15) is 9.59 Å². The van der Waals surface area contributed by atoms with Crippen LogP contribution in [0.15, 0.2) is 24.3 Å². The van der Waals surface area contributed by atoms with Crippen molar-refractivity contribution in [2.75, 3.05) is 6.54 Å². The average molecular weight is 306 g/mol. The van der Waals surface area contributed by atoms with Gasteiger partial charge < -0.3 is 15.4 Å². The molecule has 0 aliphatic carbocycles. The fourth-order valence-electron chi connectivity index (χ4n) is 1.76. The van der Waals surface area contributed by atoms with E-state index < -0.39 is 6.04 Å². The van der Waals surface area contributed by atoms with Gasteiger partial charge in [-0.25, -0.2) is 0 Å². The van der Waals surface area contributed by atoms with E-state index >= 15 is 0 Å². The predicted octanol–water partition coefficient (Wildman–Crippen LogP) is 2.26. The van der Waals surface area contributed by atoms with Crippen molar-refractivity contribution in [1.82, 2.24) is 10.6 Å². The zero-order chi connectivity index (χ0) is 16.5. The molecule has 22 heavy (non-hydrogen) atoms. The van der Waals surface area contributed by atoms with Crippen molar-refractivity contribution in [3.05, 3.63) is 35.4 Å². The van der Waals surface area contributed by atoms with E-state index in [2.05, 4.69) is 10.6 Å². The van der Waals surface area contributed by atoms with E-state index in [0.29, 0.717) is 18.7 Å². The number of rotatable bonds is 8. The van der Waals surface area contributed by atoms with Gasteiger partial charge in [-0.2, -0.15) is 0 Å². The first-order valence-electron chi connectivity index (χ1n) is 7.73. The van der Waals surface area contributed by atoms with Gasteiger partial charge in [-0.15, -0.1) is 0 Å². The normalized spacial score (nSPS) is 12.0. The number of hydrogen-bond donors (Lipinski definition) is 2. The third kappa shape index (κ3) is 6.26. The molecule has 0 heterocycles. The van der Waals surface area contributed by atoms with Crippen molar-refractivity contribution in [2.45, 2.75) is 52.9 Å². The first kappa shape index (κ1) is 18.2. The van der Waals surface area contributed by atoms with Crippen LogP contribution in [0.5, 0.6) is 0 Å². The van der Waals surface area contributed by atoms with Crippen LogP contribution in [-0.4, -0.2) is 30.5 Å². The number of benzene rings is 1. The Morgan fingerprint density at radius 1 is 1.14 bits per heavy atom. The Bertz CT molecular complexity index is 483. The van der Waals surface area contributed by atoms with Crippen molar-refractivity contribution in [1.29, 1.82) is 0 Å². The molecule has 0 aliphatic heterocycles. The molecule has 5 nitrogen and oxygen atoms in total. The standard InChI is InChI=1S/C17H26N2O3/c1-5-10-18-16(20)13(4)19-17(21)15-8-6-14(7-9-15)11-22-12(2)3/h6-9,12-13H,5,10-11H2,1-4H3,(H,18,20)(H,19,21)/t13-/m0/s1. The van der Waals surface area contributed by atoms with Crippen LogP contribution in [0.1, 0.15) is 50.0 Å². The fraction of sp³-hybridized carbons (Fsp3) is 0.529. The average Bonchev–Trinajstić information content (AvgIpc) is 2.50. The van der Waals surface area contributed by atoms with Crippen LogP contribution in [0.3, 0.4) is 0 Å². The highest BCUT2D eigenvalue weighted by Crippen LogP contribution is 2.07. The Balaban J connectivity index is 2.53. The molecule has 0 aliphatic rings. The van der Waals surface area contributed by atoms with Crippen molar-refractivity contribution in [3.63, 3.8) is 0 Å². The Morgan fingerprint density at radius 2 is 1.77 bits per heavy atom. The molecule has 1 aromatic carbocycles. The van der Waals surface area contributed by atoms with Gasteiger partial charge in [0.2, 0.25) is 5.91 Å².